The van der Waals surface area contributed by atoms with Crippen LogP contribution in [0.25, 0.3) is 0 Å². The number of amides is 2. The number of aromatic hydroxyl groups is 1. The molecule has 1 heterocycles. The lowest BCUT2D eigenvalue weighted by molar-refractivity contribution is -0.118. The van der Waals surface area contributed by atoms with Crippen LogP contribution >= 0.6 is 0 Å². The lowest BCUT2D eigenvalue weighted by atomic mass is 9.96. The van der Waals surface area contributed by atoms with Gasteiger partial charge in [-0.2, -0.15) is 0 Å². The number of hydrazine groups is 1. The zero-order valence-electron chi connectivity index (χ0n) is 15.6. The average molecular weight is 368 g/mol. The summed E-state index contributed by atoms with van der Waals surface area (Å²) in [6, 6.07) is 10.2. The number of anilines is 2. The van der Waals surface area contributed by atoms with Gasteiger partial charge in [-0.1, -0.05) is 12.1 Å². The van der Waals surface area contributed by atoms with Crippen molar-refractivity contribution in [3.05, 3.63) is 53.1 Å². The number of nitrogens with one attached hydrogen (secondary N) is 4. The van der Waals surface area contributed by atoms with E-state index in [9.17, 15) is 14.7 Å². The third-order valence-corrected chi connectivity index (χ3v) is 4.80. The number of phenolic OH excluding ortho intramolecular Hbond substituents is 1. The quantitative estimate of drug-likeness (QED) is 0.571. The molecule has 1 aliphatic heterocycles. The molecule has 1 aliphatic rings. The Kier molecular flexibility index (Phi) is 5.43. The highest BCUT2D eigenvalue weighted by Gasteiger charge is 2.31. The zero-order chi connectivity index (χ0) is 19.6. The summed E-state index contributed by atoms with van der Waals surface area (Å²) in [5.41, 5.74) is 10.1. The Bertz CT molecular complexity index is 864. The normalized spacial score (nSPS) is 18.9. The number of phenols is 1. The molecule has 5 N–H and O–H groups in total. The van der Waals surface area contributed by atoms with Gasteiger partial charge in [0.25, 0.3) is 0 Å². The summed E-state index contributed by atoms with van der Waals surface area (Å²) in [4.78, 5) is 23.6. The maximum absolute atomic E-state index is 12.5. The van der Waals surface area contributed by atoms with Gasteiger partial charge in [0.2, 0.25) is 11.8 Å². The summed E-state index contributed by atoms with van der Waals surface area (Å²) in [5, 5.41) is 15.9. The highest BCUT2D eigenvalue weighted by atomic mass is 16.3. The Labute approximate surface area is 158 Å². The van der Waals surface area contributed by atoms with Gasteiger partial charge in [-0.25, -0.2) is 10.9 Å². The number of carbonyl (C=O) groups excluding carboxylic acids is 2. The number of hydrogen-bond acceptors (Lipinski definition) is 5. The minimum atomic E-state index is -0.425. The molecule has 2 aromatic rings. The molecule has 0 aliphatic carbocycles. The molecular formula is C20H24N4O3. The number of hydrogen-bond donors (Lipinski definition) is 5. The van der Waals surface area contributed by atoms with E-state index >= 15 is 0 Å². The summed E-state index contributed by atoms with van der Waals surface area (Å²) >= 11 is 0. The molecule has 1 saturated heterocycles. The van der Waals surface area contributed by atoms with Crippen molar-refractivity contribution in [2.45, 2.75) is 39.3 Å². The van der Waals surface area contributed by atoms with Crippen molar-refractivity contribution < 1.29 is 14.7 Å². The maximum atomic E-state index is 12.5. The molecule has 0 radical (unpaired) electrons. The first kappa shape index (κ1) is 18.9. The van der Waals surface area contributed by atoms with Gasteiger partial charge >= 0.3 is 0 Å². The van der Waals surface area contributed by atoms with Gasteiger partial charge in [0, 0.05) is 23.9 Å². The van der Waals surface area contributed by atoms with Gasteiger partial charge in [-0.05, 0) is 55.7 Å². The second kappa shape index (κ2) is 7.77. The molecule has 7 nitrogen and oxygen atoms in total. The van der Waals surface area contributed by atoms with Crippen molar-refractivity contribution in [1.29, 1.82) is 0 Å². The molecule has 27 heavy (non-hydrogen) atoms. The lowest BCUT2D eigenvalue weighted by Crippen LogP contribution is -2.39. The van der Waals surface area contributed by atoms with E-state index in [1.54, 1.807) is 24.3 Å². The zero-order valence-corrected chi connectivity index (χ0v) is 15.6. The first-order valence-corrected chi connectivity index (χ1v) is 8.84. The van der Waals surface area contributed by atoms with Crippen LogP contribution in [0.15, 0.2) is 36.4 Å². The van der Waals surface area contributed by atoms with Crippen molar-refractivity contribution >= 4 is 23.2 Å². The Morgan fingerprint density at radius 1 is 1.00 bits per heavy atom. The topological polar surface area (TPSA) is 102 Å². The van der Waals surface area contributed by atoms with Gasteiger partial charge in [-0.3, -0.25) is 9.59 Å². The van der Waals surface area contributed by atoms with Crippen LogP contribution in [0, 0.1) is 13.8 Å². The Morgan fingerprint density at radius 3 is 2.26 bits per heavy atom. The summed E-state index contributed by atoms with van der Waals surface area (Å²) in [6.45, 7) is 5.27. The molecular weight excluding hydrogens is 344 g/mol. The third kappa shape index (κ3) is 4.27. The monoisotopic (exact) mass is 368 g/mol. The fraction of sp³-hybridized carbons (Fsp3) is 0.300. The van der Waals surface area contributed by atoms with Crippen LogP contribution in [0.1, 0.15) is 36.1 Å². The predicted octanol–water partition coefficient (Wildman–Crippen LogP) is 2.51. The van der Waals surface area contributed by atoms with Gasteiger partial charge in [0.05, 0.1) is 6.04 Å². The Balaban J connectivity index is 1.62. The Morgan fingerprint density at radius 2 is 1.63 bits per heavy atom. The van der Waals surface area contributed by atoms with Crippen LogP contribution in [0.3, 0.4) is 0 Å². The third-order valence-electron chi connectivity index (χ3n) is 4.80. The number of rotatable bonds is 4. The van der Waals surface area contributed by atoms with Crippen LogP contribution in [0.2, 0.25) is 0 Å². The van der Waals surface area contributed by atoms with E-state index in [-0.39, 0.29) is 23.6 Å². The number of carbonyl (C=O) groups is 2. The van der Waals surface area contributed by atoms with Gasteiger partial charge in [0.1, 0.15) is 11.8 Å². The summed E-state index contributed by atoms with van der Waals surface area (Å²) in [5.74, 6) is -0.0434. The fourth-order valence-electron chi connectivity index (χ4n) is 3.10. The smallest absolute Gasteiger partial charge is 0.242 e. The average Bonchev–Trinajstić information content (AvgIpc) is 3.11. The molecule has 2 amide bonds. The molecule has 0 aromatic heterocycles. The summed E-state index contributed by atoms with van der Waals surface area (Å²) < 4.78 is 0. The molecule has 0 saturated carbocycles. The van der Waals surface area contributed by atoms with Gasteiger partial charge in [0.15, 0.2) is 0 Å². The molecule has 2 aromatic carbocycles. The second-order valence-electron chi connectivity index (χ2n) is 6.82. The SMILES string of the molecule is CC(=O)Nc1ccc(NC(=O)C2CC(c3ccc(C)c(C)c3O)NN2)cc1. The van der Waals surface area contributed by atoms with E-state index in [0.717, 1.165) is 16.7 Å². The number of aryl methyl sites for hydroxylation is 1. The largest absolute Gasteiger partial charge is 0.507 e. The van der Waals surface area contributed by atoms with Crippen LogP contribution in [-0.2, 0) is 9.59 Å². The molecule has 2 atom stereocenters. The first-order chi connectivity index (χ1) is 12.8. The van der Waals surface area contributed by atoms with Crippen molar-refractivity contribution in [3.8, 4) is 5.75 Å². The van der Waals surface area contributed by atoms with Crippen LogP contribution < -0.4 is 21.5 Å². The summed E-state index contributed by atoms with van der Waals surface area (Å²) in [6.07, 6.45) is 0.520. The summed E-state index contributed by atoms with van der Waals surface area (Å²) in [7, 11) is 0. The van der Waals surface area contributed by atoms with Gasteiger partial charge in [-0.15, -0.1) is 0 Å². The molecule has 2 unspecified atom stereocenters. The minimum absolute atomic E-state index is 0.145. The fourth-order valence-corrected chi connectivity index (χ4v) is 3.10. The molecule has 142 valence electrons. The molecule has 7 heteroatoms. The van der Waals surface area contributed by atoms with Crippen molar-refractivity contribution in [1.82, 2.24) is 10.9 Å². The van der Waals surface area contributed by atoms with E-state index in [2.05, 4.69) is 21.5 Å². The van der Waals surface area contributed by atoms with E-state index < -0.39 is 6.04 Å². The van der Waals surface area contributed by atoms with Crippen molar-refractivity contribution in [2.24, 2.45) is 0 Å². The Hall–Kier alpha value is -2.90. The van der Waals surface area contributed by atoms with Crippen molar-refractivity contribution in [3.63, 3.8) is 0 Å². The van der Waals surface area contributed by atoms with Crippen LogP contribution in [0.4, 0.5) is 11.4 Å². The van der Waals surface area contributed by atoms with E-state index in [1.165, 1.54) is 6.92 Å². The minimum Gasteiger partial charge on any atom is -0.507 e. The van der Waals surface area contributed by atoms with Crippen LogP contribution in [-0.4, -0.2) is 23.0 Å². The van der Waals surface area contributed by atoms with Crippen molar-refractivity contribution in [2.75, 3.05) is 10.6 Å². The molecule has 1 fully saturated rings. The molecule has 0 bridgehead atoms. The molecule has 0 spiro atoms. The van der Waals surface area contributed by atoms with Gasteiger partial charge < -0.3 is 15.7 Å². The lowest BCUT2D eigenvalue weighted by Gasteiger charge is -2.15. The van der Waals surface area contributed by atoms with Crippen LogP contribution in [0.5, 0.6) is 5.75 Å². The first-order valence-electron chi connectivity index (χ1n) is 8.84. The maximum Gasteiger partial charge on any atom is 0.242 e. The highest BCUT2D eigenvalue weighted by Crippen LogP contribution is 2.33. The van der Waals surface area contributed by atoms with E-state index in [1.807, 2.05) is 26.0 Å². The standard InChI is InChI=1S/C20H24N4O3/c1-11-4-9-16(19(26)12(11)2)17-10-18(24-23-17)20(27)22-15-7-5-14(6-8-15)21-13(3)25/h4-9,17-18,23-24,26H,10H2,1-3H3,(H,21,25)(H,22,27). The number of benzene rings is 2. The second-order valence-corrected chi connectivity index (χ2v) is 6.82. The van der Waals surface area contributed by atoms with E-state index in [0.29, 0.717) is 17.8 Å². The van der Waals surface area contributed by atoms with E-state index in [4.69, 9.17) is 0 Å². The predicted molar refractivity (Wildman–Crippen MR) is 104 cm³/mol. The highest BCUT2D eigenvalue weighted by molar-refractivity contribution is 5.95. The molecule has 3 rings (SSSR count).